The van der Waals surface area contributed by atoms with Crippen molar-refractivity contribution in [2.75, 3.05) is 13.1 Å². The number of hydrogen-bond acceptors (Lipinski definition) is 4. The average molecular weight is 453 g/mol. The Hall–Kier alpha value is -1.75. The van der Waals surface area contributed by atoms with E-state index in [4.69, 9.17) is 10.5 Å². The van der Waals surface area contributed by atoms with Crippen molar-refractivity contribution in [3.63, 3.8) is 0 Å². The highest BCUT2D eigenvalue weighted by Crippen LogP contribution is 2.40. The zero-order chi connectivity index (χ0) is 23.3. The molecule has 1 saturated heterocycles. The first-order chi connectivity index (χ1) is 15.3. The van der Waals surface area contributed by atoms with Crippen LogP contribution in [0.3, 0.4) is 0 Å². The molecule has 0 amide bonds. The number of thioether (sulfide) groups is 1. The summed E-state index contributed by atoms with van der Waals surface area (Å²) in [7, 11) is 0. The van der Waals surface area contributed by atoms with Gasteiger partial charge >= 0.3 is 0 Å². The summed E-state index contributed by atoms with van der Waals surface area (Å²) in [4.78, 5) is 2.36. The van der Waals surface area contributed by atoms with E-state index in [1.807, 2.05) is 6.92 Å². The largest absolute Gasteiger partial charge is 0.485 e. The van der Waals surface area contributed by atoms with Crippen molar-refractivity contribution in [3.8, 4) is 5.75 Å². The lowest BCUT2D eigenvalue weighted by atomic mass is 9.84. The van der Waals surface area contributed by atoms with Gasteiger partial charge in [-0.1, -0.05) is 69.8 Å². The maximum Gasteiger partial charge on any atom is 0.127 e. The number of allylic oxidation sites excluding steroid dienone is 1. The van der Waals surface area contributed by atoms with Gasteiger partial charge in [0.1, 0.15) is 11.9 Å². The van der Waals surface area contributed by atoms with Crippen LogP contribution in [0.2, 0.25) is 0 Å². The molecule has 174 valence electrons. The number of nitrogens with two attached hydrogens (primary N) is 1. The van der Waals surface area contributed by atoms with Gasteiger partial charge in [-0.15, -0.1) is 0 Å². The zero-order valence-corrected chi connectivity index (χ0v) is 21.2. The van der Waals surface area contributed by atoms with Crippen molar-refractivity contribution in [2.45, 2.75) is 70.4 Å². The van der Waals surface area contributed by atoms with E-state index < -0.39 is 0 Å². The lowest BCUT2D eigenvalue weighted by Crippen LogP contribution is -2.46. The maximum atomic E-state index is 6.32. The molecule has 2 aromatic carbocycles. The quantitative estimate of drug-likeness (QED) is 0.481. The van der Waals surface area contributed by atoms with Gasteiger partial charge in [0.25, 0.3) is 0 Å². The normalized spacial score (nSPS) is 26.2. The van der Waals surface area contributed by atoms with E-state index in [0.29, 0.717) is 11.8 Å². The summed E-state index contributed by atoms with van der Waals surface area (Å²) in [5.41, 5.74) is 10.2. The Kier molecular flexibility index (Phi) is 8.49. The van der Waals surface area contributed by atoms with Gasteiger partial charge in [0.15, 0.2) is 0 Å². The fourth-order valence-corrected chi connectivity index (χ4v) is 5.60. The van der Waals surface area contributed by atoms with Gasteiger partial charge in [-0.3, -0.25) is 0 Å². The second kappa shape index (κ2) is 10.9. The Bertz CT molecular complexity index is 927. The van der Waals surface area contributed by atoms with Crippen molar-refractivity contribution >= 4 is 11.8 Å². The van der Waals surface area contributed by atoms with Gasteiger partial charge in [-0.05, 0) is 78.9 Å². The van der Waals surface area contributed by atoms with Gasteiger partial charge in [0, 0.05) is 22.9 Å². The third kappa shape index (κ3) is 5.78. The van der Waals surface area contributed by atoms with E-state index in [0.717, 1.165) is 36.6 Å². The summed E-state index contributed by atoms with van der Waals surface area (Å²) in [5.74, 6) is 2.16. The Morgan fingerprint density at radius 3 is 2.62 bits per heavy atom. The van der Waals surface area contributed by atoms with E-state index in [2.05, 4.69) is 82.1 Å². The molecule has 0 spiro atoms. The van der Waals surface area contributed by atoms with Crippen LogP contribution in [0.15, 0.2) is 58.8 Å². The lowest BCUT2D eigenvalue weighted by molar-refractivity contribution is 0.159. The Balaban J connectivity index is 0.000000243. The molecule has 3 N–H and O–H groups in total. The van der Waals surface area contributed by atoms with Gasteiger partial charge in [0.2, 0.25) is 0 Å². The van der Waals surface area contributed by atoms with E-state index in [1.165, 1.54) is 28.0 Å². The fourth-order valence-electron chi connectivity index (χ4n) is 4.87. The number of benzene rings is 2. The van der Waals surface area contributed by atoms with Crippen LogP contribution in [-0.4, -0.2) is 18.6 Å². The van der Waals surface area contributed by atoms with E-state index in [-0.39, 0.29) is 11.6 Å². The van der Waals surface area contributed by atoms with Gasteiger partial charge in [-0.2, -0.15) is 0 Å². The predicted octanol–water partition coefficient (Wildman–Crippen LogP) is 6.66. The summed E-state index contributed by atoms with van der Waals surface area (Å²) in [6, 6.07) is 15.0. The van der Waals surface area contributed by atoms with Crippen molar-refractivity contribution in [1.29, 1.82) is 0 Å². The summed E-state index contributed by atoms with van der Waals surface area (Å²) in [6.07, 6.45) is 3.56. The highest BCUT2D eigenvalue weighted by molar-refractivity contribution is 8.03. The van der Waals surface area contributed by atoms with E-state index >= 15 is 0 Å². The molecule has 0 bridgehead atoms. The Morgan fingerprint density at radius 1 is 1.25 bits per heavy atom. The summed E-state index contributed by atoms with van der Waals surface area (Å²) in [5, 5.41) is 3.34. The van der Waals surface area contributed by atoms with E-state index in [1.54, 1.807) is 11.8 Å². The molecule has 2 aromatic rings. The molecular weight excluding hydrogens is 412 g/mol. The third-order valence-corrected chi connectivity index (χ3v) is 7.95. The lowest BCUT2D eigenvalue weighted by Gasteiger charge is -2.27. The van der Waals surface area contributed by atoms with Crippen LogP contribution in [0.5, 0.6) is 5.75 Å². The molecular formula is C28H40N2OS. The molecule has 3 nitrogen and oxygen atoms in total. The van der Waals surface area contributed by atoms with Crippen molar-refractivity contribution in [2.24, 2.45) is 17.6 Å². The van der Waals surface area contributed by atoms with Crippen molar-refractivity contribution < 1.29 is 4.74 Å². The van der Waals surface area contributed by atoms with Crippen molar-refractivity contribution in [3.05, 3.63) is 70.6 Å². The minimum absolute atomic E-state index is 0.0920. The Morgan fingerprint density at radius 2 is 2.00 bits per heavy atom. The first kappa shape index (κ1) is 24.9. The monoisotopic (exact) mass is 452 g/mol. The number of ether oxygens (including phenoxy) is 1. The number of nitrogens with one attached hydrogen (secondary N) is 1. The van der Waals surface area contributed by atoms with Gasteiger partial charge < -0.3 is 15.8 Å². The molecule has 4 atom stereocenters. The fraction of sp³-hybridized carbons (Fsp3) is 0.500. The molecule has 1 aliphatic heterocycles. The van der Waals surface area contributed by atoms with Gasteiger partial charge in [-0.25, -0.2) is 0 Å². The number of rotatable bonds is 6. The van der Waals surface area contributed by atoms with E-state index in [9.17, 15) is 0 Å². The zero-order valence-electron chi connectivity index (χ0n) is 20.4. The number of hydrogen-bond donors (Lipinski definition) is 2. The smallest absolute Gasteiger partial charge is 0.127 e. The predicted molar refractivity (Wildman–Crippen MR) is 138 cm³/mol. The molecule has 32 heavy (non-hydrogen) atoms. The number of aryl methyl sites for hydroxylation is 1. The van der Waals surface area contributed by atoms with Crippen LogP contribution >= 0.6 is 11.8 Å². The molecule has 1 heterocycles. The molecule has 3 unspecified atom stereocenters. The second-order valence-corrected chi connectivity index (χ2v) is 10.8. The second-order valence-electron chi connectivity index (χ2n) is 9.47. The SMILES string of the molecule is C=C(C)Sc1ccc(OC2c3ccccc3C[C@H]2C)cc1C.CCC1CNCC1(N)CC. The molecule has 0 aromatic heterocycles. The third-order valence-electron chi connectivity index (χ3n) is 6.92. The standard InChI is InChI=1S/C20H22OS.C8H18N2/c1-13(2)22-19-10-9-17(12-14(19)3)21-20-15(4)11-16-7-5-6-8-18(16)20;1-3-7-5-10-6-8(7,9)4-2/h5-10,12,15,20H,1,11H2,2-4H3;7,10H,3-6,9H2,1-2H3/t15-,20?;/m1./s1. The van der Waals surface area contributed by atoms with Crippen LogP contribution in [0.4, 0.5) is 0 Å². The minimum Gasteiger partial charge on any atom is -0.485 e. The average Bonchev–Trinajstić information content (AvgIpc) is 3.30. The minimum atomic E-state index is 0.0920. The highest BCUT2D eigenvalue weighted by Gasteiger charge is 2.36. The molecule has 4 heteroatoms. The van der Waals surface area contributed by atoms with Gasteiger partial charge in [0.05, 0.1) is 0 Å². The highest BCUT2D eigenvalue weighted by atomic mass is 32.2. The number of fused-ring (bicyclic) bond motifs is 1. The molecule has 4 rings (SSSR count). The summed E-state index contributed by atoms with van der Waals surface area (Å²) >= 11 is 1.72. The summed E-state index contributed by atoms with van der Waals surface area (Å²) < 4.78 is 6.32. The molecule has 0 saturated carbocycles. The summed E-state index contributed by atoms with van der Waals surface area (Å²) in [6.45, 7) is 16.9. The first-order valence-electron chi connectivity index (χ1n) is 12.0. The first-order valence-corrected chi connectivity index (χ1v) is 12.8. The van der Waals surface area contributed by atoms with Crippen LogP contribution < -0.4 is 15.8 Å². The topological polar surface area (TPSA) is 47.3 Å². The molecule has 1 fully saturated rings. The molecule has 2 aliphatic rings. The maximum absolute atomic E-state index is 6.32. The van der Waals surface area contributed by atoms with Crippen LogP contribution in [-0.2, 0) is 6.42 Å². The molecule has 0 radical (unpaired) electrons. The van der Waals surface area contributed by atoms with Crippen LogP contribution in [0, 0.1) is 18.8 Å². The van der Waals surface area contributed by atoms with Crippen LogP contribution in [0.25, 0.3) is 0 Å². The Labute approximate surface area is 199 Å². The molecule has 1 aliphatic carbocycles. The van der Waals surface area contributed by atoms with Crippen molar-refractivity contribution in [1.82, 2.24) is 5.32 Å². The van der Waals surface area contributed by atoms with Crippen LogP contribution in [0.1, 0.15) is 63.3 Å².